The molecule has 3 rings (SSSR count). The highest BCUT2D eigenvalue weighted by Crippen LogP contribution is 2.23. The molecule has 0 bridgehead atoms. The Kier molecular flexibility index (Phi) is 4.34. The van der Waals surface area contributed by atoms with Crippen molar-refractivity contribution in [1.29, 1.82) is 0 Å². The lowest BCUT2D eigenvalue weighted by Gasteiger charge is -2.08. The van der Waals surface area contributed by atoms with Crippen molar-refractivity contribution in [2.24, 2.45) is 0 Å². The van der Waals surface area contributed by atoms with E-state index in [0.717, 1.165) is 16.5 Å². The van der Waals surface area contributed by atoms with Crippen molar-refractivity contribution in [3.63, 3.8) is 0 Å². The summed E-state index contributed by atoms with van der Waals surface area (Å²) in [7, 11) is 0. The fraction of sp³-hybridized carbons (Fsp3) is 0.200. The number of amides is 1. The minimum Gasteiger partial charge on any atom is -0.325 e. The number of thioether (sulfide) groups is 1. The van der Waals surface area contributed by atoms with Gasteiger partial charge in [-0.25, -0.2) is 4.68 Å². The van der Waals surface area contributed by atoms with Crippen molar-refractivity contribution in [3.05, 3.63) is 42.5 Å². The van der Waals surface area contributed by atoms with E-state index in [9.17, 15) is 4.79 Å². The number of hydrogen-bond acceptors (Lipinski definition) is 5. The van der Waals surface area contributed by atoms with Gasteiger partial charge in [-0.2, -0.15) is 0 Å². The lowest BCUT2D eigenvalue weighted by atomic mass is 10.1. The van der Waals surface area contributed by atoms with E-state index in [1.54, 1.807) is 4.68 Å². The lowest BCUT2D eigenvalue weighted by Crippen LogP contribution is -2.15. The molecule has 0 fully saturated rings. The highest BCUT2D eigenvalue weighted by Gasteiger charge is 2.10. The first-order valence-corrected chi connectivity index (χ1v) is 7.93. The molecule has 7 heteroatoms. The first-order valence-electron chi connectivity index (χ1n) is 6.94. The molecule has 0 spiro atoms. The van der Waals surface area contributed by atoms with E-state index in [-0.39, 0.29) is 11.7 Å². The summed E-state index contributed by atoms with van der Waals surface area (Å²) in [5, 5.41) is 17.1. The van der Waals surface area contributed by atoms with Gasteiger partial charge in [-0.1, -0.05) is 48.2 Å². The average molecular weight is 313 g/mol. The molecule has 22 heavy (non-hydrogen) atoms. The third kappa shape index (κ3) is 3.09. The van der Waals surface area contributed by atoms with Crippen LogP contribution in [0.5, 0.6) is 0 Å². The van der Waals surface area contributed by atoms with Gasteiger partial charge in [0.2, 0.25) is 11.1 Å². The minimum absolute atomic E-state index is 0.0768. The number of aromatic nitrogens is 4. The number of hydrogen-bond donors (Lipinski definition) is 1. The van der Waals surface area contributed by atoms with E-state index in [1.165, 1.54) is 11.8 Å². The number of rotatable bonds is 5. The zero-order valence-electron chi connectivity index (χ0n) is 12.1. The molecule has 1 amide bonds. The number of nitrogens with one attached hydrogen (secondary N) is 1. The van der Waals surface area contributed by atoms with Crippen LogP contribution in [0.25, 0.3) is 10.8 Å². The number of benzene rings is 2. The third-order valence-electron chi connectivity index (χ3n) is 3.19. The molecule has 0 unspecified atom stereocenters. The Morgan fingerprint density at radius 2 is 2.05 bits per heavy atom. The summed E-state index contributed by atoms with van der Waals surface area (Å²) in [6.45, 7) is 2.64. The Labute approximate surface area is 131 Å². The zero-order chi connectivity index (χ0) is 15.4. The number of anilines is 1. The van der Waals surface area contributed by atoms with E-state index in [4.69, 9.17) is 0 Å². The Morgan fingerprint density at radius 3 is 2.91 bits per heavy atom. The molecule has 2 aromatic carbocycles. The molecule has 0 atom stereocenters. The molecule has 112 valence electrons. The summed E-state index contributed by atoms with van der Waals surface area (Å²) in [6, 6.07) is 13.8. The second-order valence-corrected chi connectivity index (χ2v) is 5.58. The molecule has 1 heterocycles. The Balaban J connectivity index is 1.69. The highest BCUT2D eigenvalue weighted by molar-refractivity contribution is 7.99. The van der Waals surface area contributed by atoms with E-state index < -0.39 is 0 Å². The molecule has 0 aliphatic heterocycles. The fourth-order valence-electron chi connectivity index (χ4n) is 2.15. The van der Waals surface area contributed by atoms with Crippen LogP contribution in [-0.4, -0.2) is 31.9 Å². The zero-order valence-corrected chi connectivity index (χ0v) is 12.9. The minimum atomic E-state index is -0.0768. The topological polar surface area (TPSA) is 72.7 Å². The molecule has 1 N–H and O–H groups in total. The lowest BCUT2D eigenvalue weighted by molar-refractivity contribution is -0.113. The van der Waals surface area contributed by atoms with Crippen LogP contribution in [0.3, 0.4) is 0 Å². The van der Waals surface area contributed by atoms with Crippen molar-refractivity contribution < 1.29 is 4.79 Å². The van der Waals surface area contributed by atoms with Gasteiger partial charge in [0, 0.05) is 17.6 Å². The van der Waals surface area contributed by atoms with Crippen molar-refractivity contribution >= 4 is 34.1 Å². The van der Waals surface area contributed by atoms with Crippen LogP contribution < -0.4 is 5.32 Å². The molecule has 0 radical (unpaired) electrons. The highest BCUT2D eigenvalue weighted by atomic mass is 32.2. The number of nitrogens with zero attached hydrogens (tertiary/aromatic N) is 4. The van der Waals surface area contributed by atoms with Crippen LogP contribution in [0, 0.1) is 0 Å². The first kappa shape index (κ1) is 14.5. The summed E-state index contributed by atoms with van der Waals surface area (Å²) in [5.74, 6) is 0.191. The van der Waals surface area contributed by atoms with Crippen molar-refractivity contribution in [2.45, 2.75) is 18.6 Å². The maximum Gasteiger partial charge on any atom is 0.234 e. The summed E-state index contributed by atoms with van der Waals surface area (Å²) < 4.78 is 1.66. The largest absolute Gasteiger partial charge is 0.325 e. The van der Waals surface area contributed by atoms with Crippen molar-refractivity contribution in [1.82, 2.24) is 20.2 Å². The Bertz CT molecular complexity index is 796. The number of aryl methyl sites for hydroxylation is 1. The molecular weight excluding hydrogens is 298 g/mol. The molecule has 1 aromatic heterocycles. The number of fused-ring (bicyclic) bond motifs is 1. The van der Waals surface area contributed by atoms with Gasteiger partial charge in [0.05, 0.1) is 5.75 Å². The summed E-state index contributed by atoms with van der Waals surface area (Å²) in [4.78, 5) is 12.1. The van der Waals surface area contributed by atoms with Crippen LogP contribution >= 0.6 is 11.8 Å². The van der Waals surface area contributed by atoms with Crippen LogP contribution in [0.1, 0.15) is 6.92 Å². The van der Waals surface area contributed by atoms with E-state index in [0.29, 0.717) is 11.7 Å². The molecule has 0 saturated heterocycles. The fourth-order valence-corrected chi connectivity index (χ4v) is 2.89. The summed E-state index contributed by atoms with van der Waals surface area (Å²) >= 11 is 1.33. The van der Waals surface area contributed by atoms with Crippen molar-refractivity contribution in [3.8, 4) is 0 Å². The number of tetrazole rings is 1. The van der Waals surface area contributed by atoms with Gasteiger partial charge in [0.1, 0.15) is 0 Å². The van der Waals surface area contributed by atoms with Gasteiger partial charge in [0.15, 0.2) is 0 Å². The summed E-state index contributed by atoms with van der Waals surface area (Å²) in [6.07, 6.45) is 0. The van der Waals surface area contributed by atoms with Gasteiger partial charge >= 0.3 is 0 Å². The summed E-state index contributed by atoms with van der Waals surface area (Å²) in [5.41, 5.74) is 0.818. The number of carbonyl (C=O) groups excluding carboxylic acids is 1. The Morgan fingerprint density at radius 1 is 1.23 bits per heavy atom. The molecule has 0 aliphatic carbocycles. The van der Waals surface area contributed by atoms with E-state index in [1.807, 2.05) is 49.4 Å². The van der Waals surface area contributed by atoms with Gasteiger partial charge in [-0.3, -0.25) is 4.79 Å². The second-order valence-electron chi connectivity index (χ2n) is 4.64. The van der Waals surface area contributed by atoms with Gasteiger partial charge < -0.3 is 5.32 Å². The Hall–Kier alpha value is -2.41. The van der Waals surface area contributed by atoms with Gasteiger partial charge in [-0.15, -0.1) is 5.10 Å². The second kappa shape index (κ2) is 6.57. The smallest absolute Gasteiger partial charge is 0.234 e. The maximum atomic E-state index is 12.1. The SMILES string of the molecule is CCn1nnnc1SCC(=O)Nc1cccc2ccccc12. The molecule has 0 saturated carbocycles. The standard InChI is InChI=1S/C15H15N5OS/c1-2-20-15(17-18-19-20)22-10-14(21)16-13-9-5-7-11-6-3-4-8-12(11)13/h3-9H,2,10H2,1H3,(H,16,21). The first-order chi connectivity index (χ1) is 10.8. The monoisotopic (exact) mass is 313 g/mol. The quantitative estimate of drug-likeness (QED) is 0.733. The number of carbonyl (C=O) groups is 1. The van der Waals surface area contributed by atoms with Gasteiger partial charge in [0.25, 0.3) is 0 Å². The maximum absolute atomic E-state index is 12.1. The van der Waals surface area contributed by atoms with Crippen LogP contribution in [0.4, 0.5) is 5.69 Å². The molecular formula is C15H15N5OS. The van der Waals surface area contributed by atoms with Gasteiger partial charge in [-0.05, 0) is 28.8 Å². The molecule has 0 aliphatic rings. The van der Waals surface area contributed by atoms with Crippen molar-refractivity contribution in [2.75, 3.05) is 11.1 Å². The van der Waals surface area contributed by atoms with Crippen LogP contribution in [-0.2, 0) is 11.3 Å². The third-order valence-corrected chi connectivity index (χ3v) is 4.15. The predicted molar refractivity (Wildman–Crippen MR) is 86.8 cm³/mol. The predicted octanol–water partition coefficient (Wildman–Crippen LogP) is 2.58. The average Bonchev–Trinajstić information content (AvgIpc) is 3.01. The normalized spacial score (nSPS) is 10.8. The van der Waals surface area contributed by atoms with E-state index in [2.05, 4.69) is 20.8 Å². The molecule has 3 aromatic rings. The van der Waals surface area contributed by atoms with Crippen LogP contribution in [0.2, 0.25) is 0 Å². The van der Waals surface area contributed by atoms with E-state index >= 15 is 0 Å². The molecule has 6 nitrogen and oxygen atoms in total. The van der Waals surface area contributed by atoms with Crippen LogP contribution in [0.15, 0.2) is 47.6 Å².